The first-order valence-corrected chi connectivity index (χ1v) is 10.9. The lowest BCUT2D eigenvalue weighted by Crippen LogP contribution is -2.41. The zero-order valence-electron chi connectivity index (χ0n) is 15.0. The van der Waals surface area contributed by atoms with Crippen molar-refractivity contribution in [2.24, 2.45) is 0 Å². The standard InChI is InChI=1S/C20H17N3O4S2/c24-19(21-22-20(25)18-7-4-13-28-18)16-8-10-17(11-9-16)23-29(26,27)14-12-15-5-2-1-3-6-15/h1-14,23H,(H,21,24)(H,22,25)/b14-12+. The molecular formula is C20H17N3O4S2. The quantitative estimate of drug-likeness (QED) is 0.525. The van der Waals surface area contributed by atoms with Gasteiger partial charge in [0, 0.05) is 11.3 Å². The molecule has 0 unspecified atom stereocenters. The fraction of sp³-hybridized carbons (Fsp3) is 0. The number of hydrogen-bond acceptors (Lipinski definition) is 5. The topological polar surface area (TPSA) is 104 Å². The molecule has 0 radical (unpaired) electrons. The SMILES string of the molecule is O=C(NNC(=O)c1cccs1)c1ccc(NS(=O)(=O)/C=C/c2ccccc2)cc1. The lowest BCUT2D eigenvalue weighted by molar-refractivity contribution is 0.0849. The van der Waals surface area contributed by atoms with E-state index in [9.17, 15) is 18.0 Å². The van der Waals surface area contributed by atoms with Crippen LogP contribution < -0.4 is 15.6 Å². The Morgan fingerprint density at radius 3 is 2.17 bits per heavy atom. The van der Waals surface area contributed by atoms with Crippen LogP contribution in [0.5, 0.6) is 0 Å². The number of amides is 2. The van der Waals surface area contributed by atoms with Crippen molar-refractivity contribution in [1.29, 1.82) is 0 Å². The fourth-order valence-corrected chi connectivity index (χ4v) is 3.76. The molecule has 148 valence electrons. The summed E-state index contributed by atoms with van der Waals surface area (Å²) in [6.07, 6.45) is 1.49. The minimum absolute atomic E-state index is 0.263. The van der Waals surface area contributed by atoms with Crippen LogP contribution in [0, 0.1) is 0 Å². The second-order valence-corrected chi connectivity index (χ2v) is 8.34. The Morgan fingerprint density at radius 2 is 1.52 bits per heavy atom. The molecule has 2 amide bonds. The molecule has 0 saturated heterocycles. The van der Waals surface area contributed by atoms with Crippen molar-refractivity contribution >= 4 is 44.9 Å². The van der Waals surface area contributed by atoms with Gasteiger partial charge in [0.1, 0.15) is 0 Å². The van der Waals surface area contributed by atoms with E-state index in [1.807, 2.05) is 18.2 Å². The third-order valence-corrected chi connectivity index (χ3v) is 5.56. The van der Waals surface area contributed by atoms with E-state index < -0.39 is 21.8 Å². The van der Waals surface area contributed by atoms with Gasteiger partial charge < -0.3 is 0 Å². The highest BCUT2D eigenvalue weighted by Crippen LogP contribution is 2.13. The smallest absolute Gasteiger partial charge is 0.279 e. The average Bonchev–Trinajstić information content (AvgIpc) is 3.26. The van der Waals surface area contributed by atoms with Crippen LogP contribution in [0.2, 0.25) is 0 Å². The number of thiophene rings is 1. The summed E-state index contributed by atoms with van der Waals surface area (Å²) in [5.41, 5.74) is 5.96. The van der Waals surface area contributed by atoms with E-state index in [0.29, 0.717) is 10.6 Å². The van der Waals surface area contributed by atoms with E-state index in [2.05, 4.69) is 15.6 Å². The number of sulfonamides is 1. The van der Waals surface area contributed by atoms with Gasteiger partial charge in [0.15, 0.2) is 0 Å². The van der Waals surface area contributed by atoms with Crippen LogP contribution in [-0.2, 0) is 10.0 Å². The Bertz CT molecular complexity index is 1110. The van der Waals surface area contributed by atoms with E-state index in [4.69, 9.17) is 0 Å². The lowest BCUT2D eigenvalue weighted by atomic mass is 10.2. The molecule has 3 aromatic rings. The van der Waals surface area contributed by atoms with E-state index in [1.54, 1.807) is 29.6 Å². The maximum Gasteiger partial charge on any atom is 0.279 e. The molecule has 0 bridgehead atoms. The molecule has 3 N–H and O–H groups in total. The van der Waals surface area contributed by atoms with Crippen molar-refractivity contribution in [3.63, 3.8) is 0 Å². The van der Waals surface area contributed by atoms with Gasteiger partial charge in [-0.25, -0.2) is 8.42 Å². The van der Waals surface area contributed by atoms with Crippen LogP contribution in [-0.4, -0.2) is 20.2 Å². The van der Waals surface area contributed by atoms with Crippen LogP contribution in [0.1, 0.15) is 25.6 Å². The molecule has 0 atom stereocenters. The minimum atomic E-state index is -3.70. The highest BCUT2D eigenvalue weighted by molar-refractivity contribution is 7.95. The number of hydrazine groups is 1. The Labute approximate surface area is 172 Å². The van der Waals surface area contributed by atoms with Crippen LogP contribution >= 0.6 is 11.3 Å². The third kappa shape index (κ3) is 6.03. The fourth-order valence-electron chi connectivity index (χ4n) is 2.28. The van der Waals surface area contributed by atoms with Crippen molar-refractivity contribution in [2.75, 3.05) is 4.72 Å². The molecule has 0 aliphatic carbocycles. The normalized spacial score (nSPS) is 11.2. The summed E-state index contributed by atoms with van der Waals surface area (Å²) in [7, 11) is -3.70. The summed E-state index contributed by atoms with van der Waals surface area (Å²) >= 11 is 1.25. The Hall–Kier alpha value is -3.43. The second-order valence-electron chi connectivity index (χ2n) is 5.82. The molecule has 1 aromatic heterocycles. The zero-order chi connectivity index (χ0) is 20.7. The Balaban J connectivity index is 1.57. The first kappa shape index (κ1) is 20.3. The predicted molar refractivity (Wildman–Crippen MR) is 114 cm³/mol. The maximum atomic E-state index is 12.2. The second kappa shape index (κ2) is 9.18. The van der Waals surface area contributed by atoms with E-state index in [1.165, 1.54) is 41.7 Å². The van der Waals surface area contributed by atoms with Gasteiger partial charge in [-0.15, -0.1) is 11.3 Å². The monoisotopic (exact) mass is 427 g/mol. The van der Waals surface area contributed by atoms with Gasteiger partial charge in [-0.3, -0.25) is 25.2 Å². The van der Waals surface area contributed by atoms with Crippen molar-refractivity contribution in [3.8, 4) is 0 Å². The highest BCUT2D eigenvalue weighted by Gasteiger charge is 2.11. The van der Waals surface area contributed by atoms with Crippen LogP contribution in [0.3, 0.4) is 0 Å². The summed E-state index contributed by atoms with van der Waals surface area (Å²) in [6, 6.07) is 18.2. The van der Waals surface area contributed by atoms with Crippen molar-refractivity contribution in [2.45, 2.75) is 0 Å². The number of hydrogen-bond donors (Lipinski definition) is 3. The number of carbonyl (C=O) groups is 2. The molecule has 0 saturated carbocycles. The first-order chi connectivity index (χ1) is 13.9. The number of carbonyl (C=O) groups excluding carboxylic acids is 2. The van der Waals surface area contributed by atoms with Gasteiger partial charge >= 0.3 is 0 Å². The molecule has 2 aromatic carbocycles. The van der Waals surface area contributed by atoms with E-state index in [0.717, 1.165) is 11.0 Å². The summed E-state index contributed by atoms with van der Waals surface area (Å²) in [5.74, 6) is -0.934. The van der Waals surface area contributed by atoms with E-state index in [-0.39, 0.29) is 5.56 Å². The Morgan fingerprint density at radius 1 is 0.828 bits per heavy atom. The number of nitrogens with one attached hydrogen (secondary N) is 3. The first-order valence-electron chi connectivity index (χ1n) is 8.43. The molecule has 7 nitrogen and oxygen atoms in total. The summed E-state index contributed by atoms with van der Waals surface area (Å²) in [5, 5.41) is 2.83. The zero-order valence-corrected chi connectivity index (χ0v) is 16.7. The van der Waals surface area contributed by atoms with Gasteiger partial charge in [0.05, 0.1) is 10.3 Å². The van der Waals surface area contributed by atoms with Gasteiger partial charge in [-0.2, -0.15) is 0 Å². The largest absolute Gasteiger partial charge is 0.280 e. The number of anilines is 1. The highest BCUT2D eigenvalue weighted by atomic mass is 32.2. The molecule has 3 rings (SSSR count). The maximum absolute atomic E-state index is 12.2. The van der Waals surface area contributed by atoms with Gasteiger partial charge in [0.2, 0.25) is 0 Å². The average molecular weight is 428 g/mol. The number of rotatable bonds is 6. The van der Waals surface area contributed by atoms with Crippen molar-refractivity contribution in [3.05, 3.63) is 93.5 Å². The summed E-state index contributed by atoms with van der Waals surface area (Å²) < 4.78 is 26.7. The molecule has 29 heavy (non-hydrogen) atoms. The van der Waals surface area contributed by atoms with Gasteiger partial charge in [-0.05, 0) is 47.4 Å². The molecule has 0 fully saturated rings. The molecule has 1 heterocycles. The molecule has 0 aliphatic rings. The predicted octanol–water partition coefficient (Wildman–Crippen LogP) is 3.24. The van der Waals surface area contributed by atoms with Crippen molar-refractivity contribution in [1.82, 2.24) is 10.9 Å². The Kier molecular flexibility index (Phi) is 6.43. The summed E-state index contributed by atoms with van der Waals surface area (Å²) in [4.78, 5) is 24.4. The van der Waals surface area contributed by atoms with Gasteiger partial charge in [-0.1, -0.05) is 36.4 Å². The van der Waals surface area contributed by atoms with Crippen LogP contribution in [0.15, 0.2) is 77.5 Å². The lowest BCUT2D eigenvalue weighted by Gasteiger charge is -2.08. The molecule has 9 heteroatoms. The molecular weight excluding hydrogens is 410 g/mol. The van der Waals surface area contributed by atoms with Crippen LogP contribution in [0.25, 0.3) is 6.08 Å². The number of benzene rings is 2. The summed E-state index contributed by atoms with van der Waals surface area (Å²) in [6.45, 7) is 0. The van der Waals surface area contributed by atoms with Crippen molar-refractivity contribution < 1.29 is 18.0 Å². The molecule has 0 spiro atoms. The third-order valence-electron chi connectivity index (χ3n) is 3.68. The van der Waals surface area contributed by atoms with E-state index >= 15 is 0 Å². The minimum Gasteiger partial charge on any atom is -0.280 e. The molecule has 0 aliphatic heterocycles. The van der Waals surface area contributed by atoms with Crippen LogP contribution in [0.4, 0.5) is 5.69 Å². The van der Waals surface area contributed by atoms with Gasteiger partial charge in [0.25, 0.3) is 21.8 Å².